The normalized spacial score (nSPS) is 11.8. The number of H-pyrrole nitrogens is 1. The summed E-state index contributed by atoms with van der Waals surface area (Å²) in [6.07, 6.45) is 1.53. The number of nitrogens with one attached hydrogen (secondary N) is 3. The van der Waals surface area contributed by atoms with Crippen LogP contribution in [0.5, 0.6) is 0 Å². The zero-order valence-electron chi connectivity index (χ0n) is 11.8. The van der Waals surface area contributed by atoms with E-state index >= 15 is 0 Å². The third-order valence-electron chi connectivity index (χ3n) is 3.05. The second-order valence-corrected chi connectivity index (χ2v) is 6.38. The molecule has 0 aliphatic rings. The van der Waals surface area contributed by atoms with Crippen LogP contribution >= 0.6 is 0 Å². The second kappa shape index (κ2) is 6.33. The monoisotopic (exact) mass is 312 g/mol. The van der Waals surface area contributed by atoms with E-state index in [4.69, 9.17) is 0 Å². The van der Waals surface area contributed by atoms with Gasteiger partial charge in [0.2, 0.25) is 10.0 Å². The van der Waals surface area contributed by atoms with Crippen LogP contribution in [0.3, 0.4) is 0 Å². The van der Waals surface area contributed by atoms with Gasteiger partial charge in [0.05, 0.1) is 6.20 Å². The summed E-state index contributed by atoms with van der Waals surface area (Å²) in [5.74, 6) is -0.765. The minimum Gasteiger partial charge on any atom is -0.316 e. The SMILES string of the molecule is CNCc1ccc(S(=O)(=O)NCc2cn[nH]c2C)c(F)c1. The Balaban J connectivity index is 2.17. The number of halogens is 1. The topological polar surface area (TPSA) is 86.9 Å². The van der Waals surface area contributed by atoms with Crippen LogP contribution in [0, 0.1) is 12.7 Å². The van der Waals surface area contributed by atoms with Gasteiger partial charge in [0.15, 0.2) is 0 Å². The van der Waals surface area contributed by atoms with Crippen LogP contribution < -0.4 is 10.0 Å². The molecule has 0 amide bonds. The van der Waals surface area contributed by atoms with Gasteiger partial charge >= 0.3 is 0 Å². The van der Waals surface area contributed by atoms with E-state index in [0.29, 0.717) is 17.7 Å². The molecule has 0 atom stereocenters. The standard InChI is InChI=1S/C13H17FN4O2S/c1-9-11(7-16-18-9)8-17-21(19,20)13-4-3-10(6-15-2)5-12(13)14/h3-5,7,15,17H,6,8H2,1-2H3,(H,16,18). The number of hydrogen-bond donors (Lipinski definition) is 3. The highest BCUT2D eigenvalue weighted by Crippen LogP contribution is 2.16. The van der Waals surface area contributed by atoms with E-state index in [1.807, 2.05) is 0 Å². The van der Waals surface area contributed by atoms with Gasteiger partial charge in [0, 0.05) is 24.3 Å². The van der Waals surface area contributed by atoms with Crippen LogP contribution in [0.15, 0.2) is 29.3 Å². The maximum Gasteiger partial charge on any atom is 0.243 e. The first-order chi connectivity index (χ1) is 9.94. The van der Waals surface area contributed by atoms with Crippen molar-refractivity contribution in [1.82, 2.24) is 20.2 Å². The summed E-state index contributed by atoms with van der Waals surface area (Å²) in [5, 5.41) is 9.39. The number of aromatic amines is 1. The molecule has 1 heterocycles. The summed E-state index contributed by atoms with van der Waals surface area (Å²) in [7, 11) is -2.17. The van der Waals surface area contributed by atoms with E-state index in [1.54, 1.807) is 20.0 Å². The predicted octanol–water partition coefficient (Wildman–Crippen LogP) is 1.06. The van der Waals surface area contributed by atoms with Gasteiger partial charge in [-0.15, -0.1) is 0 Å². The van der Waals surface area contributed by atoms with E-state index in [1.165, 1.54) is 18.3 Å². The first-order valence-corrected chi connectivity index (χ1v) is 7.84. The molecule has 0 saturated heterocycles. The smallest absolute Gasteiger partial charge is 0.243 e. The van der Waals surface area contributed by atoms with Gasteiger partial charge in [0.25, 0.3) is 0 Å². The Hall–Kier alpha value is -1.77. The molecule has 0 aliphatic heterocycles. The second-order valence-electron chi connectivity index (χ2n) is 4.64. The van der Waals surface area contributed by atoms with Gasteiger partial charge in [-0.25, -0.2) is 17.5 Å². The number of aryl methyl sites for hydroxylation is 1. The van der Waals surface area contributed by atoms with Crippen molar-refractivity contribution in [3.63, 3.8) is 0 Å². The van der Waals surface area contributed by atoms with Crippen LogP contribution in [-0.2, 0) is 23.1 Å². The summed E-state index contributed by atoms with van der Waals surface area (Å²) in [6.45, 7) is 2.31. The minimum absolute atomic E-state index is 0.0579. The Bertz CT molecular complexity index is 728. The van der Waals surface area contributed by atoms with Crippen LogP contribution in [0.2, 0.25) is 0 Å². The van der Waals surface area contributed by atoms with E-state index in [-0.39, 0.29) is 11.4 Å². The summed E-state index contributed by atoms with van der Waals surface area (Å²) in [5.41, 5.74) is 2.16. The van der Waals surface area contributed by atoms with Crippen molar-refractivity contribution in [3.05, 3.63) is 47.0 Å². The number of rotatable bonds is 6. The van der Waals surface area contributed by atoms with E-state index in [2.05, 4.69) is 20.2 Å². The largest absolute Gasteiger partial charge is 0.316 e. The highest BCUT2D eigenvalue weighted by atomic mass is 32.2. The van der Waals surface area contributed by atoms with Gasteiger partial charge in [0.1, 0.15) is 10.7 Å². The molecule has 2 aromatic rings. The maximum absolute atomic E-state index is 13.9. The summed E-state index contributed by atoms with van der Waals surface area (Å²) >= 11 is 0. The first-order valence-electron chi connectivity index (χ1n) is 6.35. The lowest BCUT2D eigenvalue weighted by Gasteiger charge is -2.09. The first kappa shape index (κ1) is 15.6. The minimum atomic E-state index is -3.90. The average molecular weight is 312 g/mol. The van der Waals surface area contributed by atoms with Crippen molar-refractivity contribution in [3.8, 4) is 0 Å². The summed E-state index contributed by atoms with van der Waals surface area (Å²) in [6, 6.07) is 4.07. The molecule has 8 heteroatoms. The number of hydrogen-bond acceptors (Lipinski definition) is 4. The Labute approximate surface area is 122 Å². The molecule has 0 spiro atoms. The van der Waals surface area contributed by atoms with E-state index in [9.17, 15) is 12.8 Å². The van der Waals surface area contributed by atoms with E-state index < -0.39 is 15.8 Å². The van der Waals surface area contributed by atoms with Crippen LogP contribution in [0.4, 0.5) is 4.39 Å². The lowest BCUT2D eigenvalue weighted by Crippen LogP contribution is -2.24. The Morgan fingerprint density at radius 3 is 2.67 bits per heavy atom. The lowest BCUT2D eigenvalue weighted by atomic mass is 10.2. The van der Waals surface area contributed by atoms with Gasteiger partial charge < -0.3 is 5.32 Å². The molecule has 0 radical (unpaired) electrons. The van der Waals surface area contributed by atoms with Crippen LogP contribution in [0.1, 0.15) is 16.8 Å². The molecule has 0 saturated carbocycles. The van der Waals surface area contributed by atoms with Gasteiger partial charge in [-0.3, -0.25) is 5.10 Å². The quantitative estimate of drug-likeness (QED) is 0.744. The maximum atomic E-state index is 13.9. The third-order valence-corrected chi connectivity index (χ3v) is 4.49. The Morgan fingerprint density at radius 1 is 1.33 bits per heavy atom. The molecule has 1 aromatic heterocycles. The molecule has 0 fully saturated rings. The number of nitrogens with zero attached hydrogens (tertiary/aromatic N) is 1. The molecule has 114 valence electrons. The molecule has 0 aliphatic carbocycles. The van der Waals surface area contributed by atoms with Gasteiger partial charge in [-0.1, -0.05) is 6.07 Å². The van der Waals surface area contributed by atoms with Crippen molar-refractivity contribution < 1.29 is 12.8 Å². The molecule has 0 unspecified atom stereocenters. The van der Waals surface area contributed by atoms with Crippen molar-refractivity contribution in [2.75, 3.05) is 7.05 Å². The molecule has 2 rings (SSSR count). The molecule has 6 nitrogen and oxygen atoms in total. The van der Waals surface area contributed by atoms with Crippen molar-refractivity contribution in [2.45, 2.75) is 24.9 Å². The molecule has 21 heavy (non-hydrogen) atoms. The third kappa shape index (κ3) is 3.66. The predicted molar refractivity (Wildman–Crippen MR) is 76.5 cm³/mol. The van der Waals surface area contributed by atoms with Crippen molar-refractivity contribution in [1.29, 1.82) is 0 Å². The fourth-order valence-corrected chi connectivity index (χ4v) is 2.94. The number of aromatic nitrogens is 2. The zero-order valence-corrected chi connectivity index (χ0v) is 12.6. The summed E-state index contributed by atoms with van der Waals surface area (Å²) in [4.78, 5) is -0.358. The van der Waals surface area contributed by atoms with Crippen molar-refractivity contribution in [2.24, 2.45) is 0 Å². The van der Waals surface area contributed by atoms with Gasteiger partial charge in [-0.05, 0) is 31.7 Å². The van der Waals surface area contributed by atoms with Crippen molar-refractivity contribution >= 4 is 10.0 Å². The molecule has 0 bridgehead atoms. The summed E-state index contributed by atoms with van der Waals surface area (Å²) < 4.78 is 40.6. The fraction of sp³-hybridized carbons (Fsp3) is 0.308. The molecular formula is C13H17FN4O2S. The zero-order chi connectivity index (χ0) is 15.5. The molecular weight excluding hydrogens is 295 g/mol. The lowest BCUT2D eigenvalue weighted by molar-refractivity contribution is 0.555. The Morgan fingerprint density at radius 2 is 2.10 bits per heavy atom. The Kier molecular flexibility index (Phi) is 4.71. The van der Waals surface area contributed by atoms with Crippen LogP contribution in [-0.4, -0.2) is 25.7 Å². The number of benzene rings is 1. The van der Waals surface area contributed by atoms with E-state index in [0.717, 1.165) is 5.69 Å². The molecule has 1 aromatic carbocycles. The number of sulfonamides is 1. The molecule has 3 N–H and O–H groups in total. The highest BCUT2D eigenvalue weighted by Gasteiger charge is 2.19. The van der Waals surface area contributed by atoms with Gasteiger partial charge in [-0.2, -0.15) is 5.10 Å². The fourth-order valence-electron chi connectivity index (χ4n) is 1.88. The van der Waals surface area contributed by atoms with Crippen LogP contribution in [0.25, 0.3) is 0 Å². The average Bonchev–Trinajstić information content (AvgIpc) is 2.82. The highest BCUT2D eigenvalue weighted by molar-refractivity contribution is 7.89.